The van der Waals surface area contributed by atoms with Crippen LogP contribution in [-0.2, 0) is 6.54 Å². The number of halogens is 3. The number of ether oxygens (including phenoxy) is 1. The zero-order chi connectivity index (χ0) is 21.0. The molecule has 29 heavy (non-hydrogen) atoms. The first-order valence-corrected chi connectivity index (χ1v) is 9.02. The molecule has 0 spiro atoms. The molecule has 0 unspecified atom stereocenters. The Bertz CT molecular complexity index is 1020. The Balaban J connectivity index is 1.74. The Morgan fingerprint density at radius 1 is 1.31 bits per heavy atom. The van der Waals surface area contributed by atoms with Crippen molar-refractivity contribution in [3.8, 4) is 5.75 Å². The molecule has 3 aromatic heterocycles. The van der Waals surface area contributed by atoms with Gasteiger partial charge in [-0.05, 0) is 31.5 Å². The third kappa shape index (κ3) is 5.21. The molecule has 0 atom stereocenters. The predicted octanol–water partition coefficient (Wildman–Crippen LogP) is 3.26. The van der Waals surface area contributed by atoms with Crippen LogP contribution in [0.3, 0.4) is 0 Å². The molecule has 10 heteroatoms. The number of alkyl halides is 3. The standard InChI is InChI=1S/C19H20F3N5O2/c1-3-23-18(28)17-14-11-27(26-15(14)4-6-24-17)10-13-8-12(2)16(9-25-13)29-7-5-19(20,21)22/h4,6,8-9,11H,3,5,7,10H2,1-2H3,(H,23,28). The average molecular weight is 407 g/mol. The van der Waals surface area contributed by atoms with E-state index in [0.29, 0.717) is 46.7 Å². The van der Waals surface area contributed by atoms with Gasteiger partial charge in [0.05, 0.1) is 42.4 Å². The van der Waals surface area contributed by atoms with Crippen molar-refractivity contribution < 1.29 is 22.7 Å². The highest BCUT2D eigenvalue weighted by atomic mass is 19.4. The lowest BCUT2D eigenvalue weighted by Crippen LogP contribution is -2.23. The summed E-state index contributed by atoms with van der Waals surface area (Å²) >= 11 is 0. The molecule has 3 rings (SSSR count). The minimum absolute atomic E-state index is 0.271. The van der Waals surface area contributed by atoms with Crippen LogP contribution in [0.5, 0.6) is 5.75 Å². The van der Waals surface area contributed by atoms with E-state index in [1.165, 1.54) is 12.4 Å². The number of carbonyl (C=O) groups excluding carboxylic acids is 1. The number of rotatable bonds is 7. The van der Waals surface area contributed by atoms with E-state index in [1.54, 1.807) is 29.9 Å². The Morgan fingerprint density at radius 3 is 2.79 bits per heavy atom. The fourth-order valence-electron chi connectivity index (χ4n) is 2.78. The zero-order valence-corrected chi connectivity index (χ0v) is 16.0. The second-order valence-electron chi connectivity index (χ2n) is 6.43. The minimum Gasteiger partial charge on any atom is -0.491 e. The van der Waals surface area contributed by atoms with E-state index in [-0.39, 0.29) is 5.91 Å². The fourth-order valence-corrected chi connectivity index (χ4v) is 2.78. The molecule has 0 aromatic carbocycles. The third-order valence-electron chi connectivity index (χ3n) is 4.12. The second-order valence-corrected chi connectivity index (χ2v) is 6.43. The lowest BCUT2D eigenvalue weighted by Gasteiger charge is -2.11. The summed E-state index contributed by atoms with van der Waals surface area (Å²) in [6.45, 7) is 3.93. The van der Waals surface area contributed by atoms with E-state index in [0.717, 1.165) is 0 Å². The highest BCUT2D eigenvalue weighted by Crippen LogP contribution is 2.22. The van der Waals surface area contributed by atoms with Gasteiger partial charge in [-0.1, -0.05) is 0 Å². The average Bonchev–Trinajstić information content (AvgIpc) is 3.05. The monoisotopic (exact) mass is 407 g/mol. The summed E-state index contributed by atoms with van der Waals surface area (Å²) in [6, 6.07) is 3.45. The molecule has 154 valence electrons. The predicted molar refractivity (Wildman–Crippen MR) is 99.8 cm³/mol. The zero-order valence-electron chi connectivity index (χ0n) is 16.0. The van der Waals surface area contributed by atoms with Gasteiger partial charge in [0, 0.05) is 18.9 Å². The van der Waals surface area contributed by atoms with E-state index in [2.05, 4.69) is 20.4 Å². The van der Waals surface area contributed by atoms with Gasteiger partial charge in [-0.15, -0.1) is 0 Å². The van der Waals surface area contributed by atoms with E-state index >= 15 is 0 Å². The summed E-state index contributed by atoms with van der Waals surface area (Å²) in [7, 11) is 0. The van der Waals surface area contributed by atoms with E-state index < -0.39 is 19.2 Å². The molecule has 0 saturated carbocycles. The van der Waals surface area contributed by atoms with Gasteiger partial charge in [0.1, 0.15) is 11.4 Å². The van der Waals surface area contributed by atoms with Crippen molar-refractivity contribution in [2.45, 2.75) is 33.0 Å². The molecule has 7 nitrogen and oxygen atoms in total. The van der Waals surface area contributed by atoms with E-state index in [9.17, 15) is 18.0 Å². The first-order valence-electron chi connectivity index (χ1n) is 9.02. The lowest BCUT2D eigenvalue weighted by atomic mass is 10.2. The highest BCUT2D eigenvalue weighted by Gasteiger charge is 2.27. The van der Waals surface area contributed by atoms with Gasteiger partial charge in [0.25, 0.3) is 5.91 Å². The number of nitrogens with one attached hydrogen (secondary N) is 1. The largest absolute Gasteiger partial charge is 0.491 e. The molecule has 0 aliphatic rings. The summed E-state index contributed by atoms with van der Waals surface area (Å²) < 4.78 is 43.5. The van der Waals surface area contributed by atoms with E-state index in [4.69, 9.17) is 4.74 Å². The molecular formula is C19H20F3N5O2. The number of fused-ring (bicyclic) bond motifs is 1. The van der Waals surface area contributed by atoms with Crippen LogP contribution < -0.4 is 10.1 Å². The maximum atomic E-state index is 12.2. The molecule has 3 heterocycles. The molecule has 0 aliphatic heterocycles. The van der Waals surface area contributed by atoms with Crippen LogP contribution >= 0.6 is 0 Å². The molecule has 0 radical (unpaired) electrons. The number of aryl methyl sites for hydroxylation is 1. The highest BCUT2D eigenvalue weighted by molar-refractivity contribution is 6.04. The van der Waals surface area contributed by atoms with Gasteiger partial charge in [0.15, 0.2) is 0 Å². The smallest absolute Gasteiger partial charge is 0.392 e. The second kappa shape index (κ2) is 8.46. The number of pyridine rings is 2. The number of carbonyl (C=O) groups is 1. The molecule has 0 aliphatic carbocycles. The summed E-state index contributed by atoms with van der Waals surface area (Å²) in [5.74, 6) is 0.0401. The van der Waals surface area contributed by atoms with Crippen LogP contribution in [-0.4, -0.2) is 45.0 Å². The number of aromatic nitrogens is 4. The van der Waals surface area contributed by atoms with Crippen molar-refractivity contribution in [2.24, 2.45) is 0 Å². The van der Waals surface area contributed by atoms with Crippen molar-refractivity contribution in [3.63, 3.8) is 0 Å². The molecule has 0 fully saturated rings. The molecule has 1 amide bonds. The van der Waals surface area contributed by atoms with Gasteiger partial charge in [0.2, 0.25) is 0 Å². The number of nitrogens with zero attached hydrogens (tertiary/aromatic N) is 4. The summed E-state index contributed by atoms with van der Waals surface area (Å²) in [5, 5.41) is 7.78. The van der Waals surface area contributed by atoms with Crippen molar-refractivity contribution in [1.29, 1.82) is 0 Å². The Hall–Kier alpha value is -3.17. The quantitative estimate of drug-likeness (QED) is 0.650. The minimum atomic E-state index is -4.26. The Morgan fingerprint density at radius 2 is 2.10 bits per heavy atom. The summed E-state index contributed by atoms with van der Waals surface area (Å²) in [4.78, 5) is 20.5. The summed E-state index contributed by atoms with van der Waals surface area (Å²) in [5.41, 5.74) is 2.27. The molecule has 0 saturated heterocycles. The van der Waals surface area contributed by atoms with Gasteiger partial charge < -0.3 is 10.1 Å². The van der Waals surface area contributed by atoms with Crippen molar-refractivity contribution in [2.75, 3.05) is 13.2 Å². The third-order valence-corrected chi connectivity index (χ3v) is 4.12. The van der Waals surface area contributed by atoms with Gasteiger partial charge in [-0.3, -0.25) is 19.4 Å². The first kappa shape index (κ1) is 20.6. The van der Waals surface area contributed by atoms with Crippen molar-refractivity contribution >= 4 is 16.8 Å². The lowest BCUT2D eigenvalue weighted by molar-refractivity contribution is -0.139. The van der Waals surface area contributed by atoms with Crippen LogP contribution in [0.2, 0.25) is 0 Å². The number of hydrogen-bond acceptors (Lipinski definition) is 5. The molecule has 1 N–H and O–H groups in total. The number of amides is 1. The number of hydrogen-bond donors (Lipinski definition) is 1. The Kier molecular flexibility index (Phi) is 6.00. The molecule has 0 bridgehead atoms. The van der Waals surface area contributed by atoms with Crippen LogP contribution in [0, 0.1) is 6.92 Å². The van der Waals surface area contributed by atoms with Crippen LogP contribution in [0.25, 0.3) is 10.9 Å². The first-order chi connectivity index (χ1) is 13.8. The van der Waals surface area contributed by atoms with E-state index in [1.807, 2.05) is 6.92 Å². The molecular weight excluding hydrogens is 387 g/mol. The van der Waals surface area contributed by atoms with Crippen LogP contribution in [0.1, 0.15) is 35.1 Å². The summed E-state index contributed by atoms with van der Waals surface area (Å²) in [6.07, 6.45) is -0.621. The van der Waals surface area contributed by atoms with Gasteiger partial charge >= 0.3 is 6.18 Å². The maximum absolute atomic E-state index is 12.2. The van der Waals surface area contributed by atoms with Crippen LogP contribution in [0.4, 0.5) is 13.2 Å². The SMILES string of the molecule is CCNC(=O)c1nccc2nn(Cc3cc(C)c(OCCC(F)(F)F)cn3)cc12. The normalized spacial score (nSPS) is 11.6. The van der Waals surface area contributed by atoms with Gasteiger partial charge in [-0.25, -0.2) is 0 Å². The van der Waals surface area contributed by atoms with Crippen LogP contribution in [0.15, 0.2) is 30.7 Å². The van der Waals surface area contributed by atoms with Gasteiger partial charge in [-0.2, -0.15) is 18.3 Å². The van der Waals surface area contributed by atoms with Crippen molar-refractivity contribution in [3.05, 3.63) is 47.7 Å². The van der Waals surface area contributed by atoms with Crippen molar-refractivity contribution in [1.82, 2.24) is 25.1 Å². The molecule has 3 aromatic rings. The Labute approximate surface area is 164 Å². The maximum Gasteiger partial charge on any atom is 0.392 e. The topological polar surface area (TPSA) is 81.9 Å². The fraction of sp³-hybridized carbons (Fsp3) is 0.368.